The van der Waals surface area contributed by atoms with E-state index in [0.717, 1.165) is 24.3 Å². The second-order valence-electron chi connectivity index (χ2n) is 7.54. The molecule has 136 valence electrons. The van der Waals surface area contributed by atoms with Crippen molar-refractivity contribution >= 4 is 17.4 Å². The van der Waals surface area contributed by atoms with Crippen molar-refractivity contribution in [1.82, 2.24) is 19.5 Å². The predicted molar refractivity (Wildman–Crippen MR) is 98.1 cm³/mol. The Bertz CT molecular complexity index is 1030. The first-order chi connectivity index (χ1) is 13.3. The second-order valence-corrected chi connectivity index (χ2v) is 7.54. The van der Waals surface area contributed by atoms with Crippen molar-refractivity contribution in [2.45, 2.75) is 30.7 Å². The van der Waals surface area contributed by atoms with Gasteiger partial charge in [-0.2, -0.15) is 9.61 Å². The molecule has 0 unspecified atom stereocenters. The molecule has 0 aliphatic carbocycles. The van der Waals surface area contributed by atoms with Gasteiger partial charge in [-0.1, -0.05) is 30.3 Å². The monoisotopic (exact) mass is 361 g/mol. The van der Waals surface area contributed by atoms with Crippen LogP contribution in [-0.4, -0.2) is 50.3 Å². The Labute approximate surface area is 156 Å². The van der Waals surface area contributed by atoms with Gasteiger partial charge in [-0.3, -0.25) is 4.79 Å². The third-order valence-corrected chi connectivity index (χ3v) is 5.99. The van der Waals surface area contributed by atoms with Gasteiger partial charge in [0.15, 0.2) is 11.2 Å². The van der Waals surface area contributed by atoms with Crippen LogP contribution < -0.4 is 4.90 Å². The molecular formula is C20H19N5O2. The minimum atomic E-state index is -0.721. The molecule has 6 rings (SSSR count). The van der Waals surface area contributed by atoms with Crippen molar-refractivity contribution in [2.24, 2.45) is 0 Å². The van der Waals surface area contributed by atoms with E-state index >= 15 is 0 Å². The number of benzene rings is 1. The van der Waals surface area contributed by atoms with Crippen molar-refractivity contribution in [3.8, 4) is 0 Å². The number of amides is 1. The number of hydrogen-bond donors (Lipinski definition) is 0. The van der Waals surface area contributed by atoms with E-state index in [2.05, 4.69) is 27.1 Å². The Balaban J connectivity index is 1.27. The lowest BCUT2D eigenvalue weighted by Gasteiger charge is -2.46. The Morgan fingerprint density at radius 3 is 2.74 bits per heavy atom. The molecule has 2 atom stereocenters. The van der Waals surface area contributed by atoms with E-state index in [-0.39, 0.29) is 18.2 Å². The van der Waals surface area contributed by atoms with Crippen LogP contribution in [0.25, 0.3) is 5.65 Å². The molecule has 0 N–H and O–H groups in total. The molecule has 1 aromatic carbocycles. The predicted octanol–water partition coefficient (Wildman–Crippen LogP) is 2.01. The van der Waals surface area contributed by atoms with Crippen LogP contribution in [-0.2, 0) is 9.53 Å². The lowest BCUT2D eigenvalue weighted by atomic mass is 9.92. The fourth-order valence-corrected chi connectivity index (χ4v) is 4.72. The van der Waals surface area contributed by atoms with E-state index < -0.39 is 5.60 Å². The normalized spacial score (nSPS) is 26.0. The van der Waals surface area contributed by atoms with Crippen LogP contribution in [0.4, 0.5) is 5.82 Å². The number of hydrogen-bond acceptors (Lipinski definition) is 5. The van der Waals surface area contributed by atoms with Crippen molar-refractivity contribution in [3.05, 3.63) is 60.4 Å². The molecule has 0 bridgehead atoms. The van der Waals surface area contributed by atoms with Gasteiger partial charge in [0.1, 0.15) is 12.0 Å². The summed E-state index contributed by atoms with van der Waals surface area (Å²) in [6, 6.07) is 14.2. The van der Waals surface area contributed by atoms with Gasteiger partial charge in [-0.05, 0) is 24.5 Å². The zero-order valence-corrected chi connectivity index (χ0v) is 14.7. The highest BCUT2D eigenvalue weighted by atomic mass is 16.6. The van der Waals surface area contributed by atoms with Gasteiger partial charge >= 0.3 is 0 Å². The number of anilines is 1. The summed E-state index contributed by atoms with van der Waals surface area (Å²) in [5.41, 5.74) is 1.27. The Morgan fingerprint density at radius 2 is 1.89 bits per heavy atom. The van der Waals surface area contributed by atoms with Gasteiger partial charge in [-0.25, -0.2) is 4.98 Å². The number of carbonyl (C=O) groups excluding carboxylic acids is 1. The van der Waals surface area contributed by atoms with Crippen molar-refractivity contribution in [2.75, 3.05) is 18.0 Å². The molecule has 7 nitrogen and oxygen atoms in total. The molecule has 3 aromatic rings. The Morgan fingerprint density at radius 1 is 1.04 bits per heavy atom. The minimum Gasteiger partial charge on any atom is -0.349 e. The number of aromatic nitrogens is 3. The van der Waals surface area contributed by atoms with Gasteiger partial charge in [0.25, 0.3) is 5.91 Å². The molecule has 0 radical (unpaired) electrons. The van der Waals surface area contributed by atoms with Crippen LogP contribution in [0.2, 0.25) is 0 Å². The van der Waals surface area contributed by atoms with E-state index in [1.54, 1.807) is 16.9 Å². The highest BCUT2D eigenvalue weighted by molar-refractivity contribution is 5.91. The molecule has 0 saturated carbocycles. The third kappa shape index (κ3) is 2.03. The number of nitrogens with zero attached hydrogens (tertiary/aromatic N) is 5. The van der Waals surface area contributed by atoms with E-state index in [1.807, 2.05) is 35.2 Å². The van der Waals surface area contributed by atoms with Crippen LogP contribution >= 0.6 is 0 Å². The van der Waals surface area contributed by atoms with E-state index in [0.29, 0.717) is 13.1 Å². The second kappa shape index (κ2) is 5.29. The molecule has 3 fully saturated rings. The molecule has 7 heteroatoms. The lowest BCUT2D eigenvalue weighted by Crippen LogP contribution is -2.67. The first-order valence-corrected chi connectivity index (χ1v) is 9.34. The maximum atomic E-state index is 13.3. The van der Waals surface area contributed by atoms with Crippen molar-refractivity contribution in [1.29, 1.82) is 0 Å². The van der Waals surface area contributed by atoms with Crippen LogP contribution in [0.15, 0.2) is 54.9 Å². The highest BCUT2D eigenvalue weighted by Gasteiger charge is 2.63. The topological polar surface area (TPSA) is 63.0 Å². The summed E-state index contributed by atoms with van der Waals surface area (Å²) in [5.74, 6) is 1.07. The summed E-state index contributed by atoms with van der Waals surface area (Å²) in [5, 5.41) is 4.34. The van der Waals surface area contributed by atoms with Gasteiger partial charge in [0.05, 0.1) is 25.3 Å². The SMILES string of the molecule is O=C1N2[C@@H](CC[C@H]2c2ccccc2)OC12CN(c1ccnc3ccnn13)C2. The van der Waals surface area contributed by atoms with Crippen LogP contribution in [0.3, 0.4) is 0 Å². The van der Waals surface area contributed by atoms with E-state index in [1.165, 1.54) is 5.56 Å². The molecule has 3 saturated heterocycles. The summed E-state index contributed by atoms with van der Waals surface area (Å²) < 4.78 is 8.11. The number of carbonyl (C=O) groups is 1. The molecule has 5 heterocycles. The zero-order valence-electron chi connectivity index (χ0n) is 14.7. The van der Waals surface area contributed by atoms with Gasteiger partial charge in [0.2, 0.25) is 0 Å². The molecule has 27 heavy (non-hydrogen) atoms. The van der Waals surface area contributed by atoms with Crippen molar-refractivity contribution < 1.29 is 9.53 Å². The summed E-state index contributed by atoms with van der Waals surface area (Å²) in [6.45, 7) is 1.11. The van der Waals surface area contributed by atoms with E-state index in [4.69, 9.17) is 4.74 Å². The molecule has 1 amide bonds. The van der Waals surface area contributed by atoms with Crippen molar-refractivity contribution in [3.63, 3.8) is 0 Å². The highest BCUT2D eigenvalue weighted by Crippen LogP contribution is 2.47. The van der Waals surface area contributed by atoms with Crippen LogP contribution in [0.5, 0.6) is 0 Å². The Kier molecular flexibility index (Phi) is 2.97. The summed E-state index contributed by atoms with van der Waals surface area (Å²) in [4.78, 5) is 21.7. The van der Waals surface area contributed by atoms with Gasteiger partial charge in [0, 0.05) is 12.3 Å². The first kappa shape index (κ1) is 15.2. The summed E-state index contributed by atoms with van der Waals surface area (Å²) >= 11 is 0. The standard InChI is InChI=1S/C20H19N5O2/c26-19-20(12-23(13-20)17-9-10-21-16-8-11-22-25(16)17)27-18-7-6-15(24(18)19)14-4-2-1-3-5-14/h1-5,8-11,15,18H,6-7,12-13H2/t15-,18+/m0/s1. The molecule has 3 aliphatic heterocycles. The smallest absolute Gasteiger partial charge is 0.261 e. The Hall–Kier alpha value is -2.93. The fourth-order valence-electron chi connectivity index (χ4n) is 4.72. The number of fused-ring (bicyclic) bond motifs is 2. The van der Waals surface area contributed by atoms with Crippen LogP contribution in [0.1, 0.15) is 24.4 Å². The fraction of sp³-hybridized carbons (Fsp3) is 0.350. The quantitative estimate of drug-likeness (QED) is 0.699. The van der Waals surface area contributed by atoms with E-state index in [9.17, 15) is 4.79 Å². The first-order valence-electron chi connectivity index (χ1n) is 9.34. The summed E-state index contributed by atoms with van der Waals surface area (Å²) in [7, 11) is 0. The maximum absolute atomic E-state index is 13.3. The average Bonchev–Trinajstić information content (AvgIpc) is 3.36. The lowest BCUT2D eigenvalue weighted by molar-refractivity contribution is -0.140. The van der Waals surface area contributed by atoms with Gasteiger partial charge in [-0.15, -0.1) is 0 Å². The zero-order chi connectivity index (χ0) is 18.0. The third-order valence-electron chi connectivity index (χ3n) is 5.99. The molecule has 3 aliphatic rings. The minimum absolute atomic E-state index is 0.105. The molecular weight excluding hydrogens is 342 g/mol. The largest absolute Gasteiger partial charge is 0.349 e. The maximum Gasteiger partial charge on any atom is 0.261 e. The van der Waals surface area contributed by atoms with Gasteiger partial charge < -0.3 is 14.5 Å². The van der Waals surface area contributed by atoms with Crippen LogP contribution in [0, 0.1) is 0 Å². The number of rotatable bonds is 2. The number of ether oxygens (including phenoxy) is 1. The average molecular weight is 361 g/mol. The molecule has 1 spiro atoms. The summed E-state index contributed by atoms with van der Waals surface area (Å²) in [6.07, 6.45) is 5.26. The molecule has 2 aromatic heterocycles.